The molecule has 168 valence electrons. The number of aromatic nitrogens is 2. The van der Waals surface area contributed by atoms with E-state index in [1.165, 1.54) is 5.56 Å². The van der Waals surface area contributed by atoms with E-state index in [2.05, 4.69) is 34.6 Å². The second kappa shape index (κ2) is 8.56. The first-order valence-corrected chi connectivity index (χ1v) is 11.1. The summed E-state index contributed by atoms with van der Waals surface area (Å²) < 4.78 is 5.63. The molecule has 0 saturated carbocycles. The van der Waals surface area contributed by atoms with E-state index in [0.717, 1.165) is 33.6 Å². The number of ether oxygens (including phenoxy) is 1. The lowest BCUT2D eigenvalue weighted by atomic mass is 9.83. The van der Waals surface area contributed by atoms with Crippen molar-refractivity contribution < 1.29 is 14.9 Å². The molecule has 2 aliphatic heterocycles. The van der Waals surface area contributed by atoms with Gasteiger partial charge >= 0.3 is 0 Å². The third kappa shape index (κ3) is 3.98. The first-order valence-electron chi connectivity index (χ1n) is 11.1. The van der Waals surface area contributed by atoms with Gasteiger partial charge in [0.2, 0.25) is 0 Å². The van der Waals surface area contributed by atoms with Crippen LogP contribution in [-0.4, -0.2) is 46.0 Å². The minimum Gasteiger partial charge on any atom is -0.395 e. The lowest BCUT2D eigenvalue weighted by Crippen LogP contribution is -2.28. The zero-order valence-electron chi connectivity index (χ0n) is 18.5. The Kier molecular flexibility index (Phi) is 5.59. The van der Waals surface area contributed by atoms with Gasteiger partial charge in [-0.15, -0.1) is 0 Å². The fourth-order valence-electron chi connectivity index (χ4n) is 4.64. The number of hydrogen-bond donors (Lipinski definition) is 3. The van der Waals surface area contributed by atoms with Gasteiger partial charge in [-0.3, -0.25) is 0 Å². The van der Waals surface area contributed by atoms with Crippen molar-refractivity contribution in [2.45, 2.75) is 37.9 Å². The molecular formula is C26H26N4O3. The Bertz CT molecular complexity index is 1250. The Labute approximate surface area is 192 Å². The van der Waals surface area contributed by atoms with Crippen molar-refractivity contribution in [3.63, 3.8) is 0 Å². The molecule has 7 nitrogen and oxygen atoms in total. The number of benzene rings is 2. The van der Waals surface area contributed by atoms with Gasteiger partial charge in [0.1, 0.15) is 11.9 Å². The zero-order valence-corrected chi connectivity index (χ0v) is 18.5. The third-order valence-electron chi connectivity index (χ3n) is 6.67. The SMILES string of the molecule is CC1(CO)CNc2c(C#N)cc(-c3ccnc(Cc4ccc5c(c4)CC(CO)OC5)n3)cc21. The van der Waals surface area contributed by atoms with Crippen LogP contribution in [0.3, 0.4) is 0 Å². The van der Waals surface area contributed by atoms with Gasteiger partial charge in [0.15, 0.2) is 0 Å². The van der Waals surface area contributed by atoms with Crippen LogP contribution in [0.2, 0.25) is 0 Å². The number of fused-ring (bicyclic) bond motifs is 2. The molecule has 0 saturated heterocycles. The van der Waals surface area contributed by atoms with E-state index >= 15 is 0 Å². The maximum atomic E-state index is 9.95. The average Bonchev–Trinajstić information content (AvgIpc) is 3.20. The zero-order chi connectivity index (χ0) is 23.0. The summed E-state index contributed by atoms with van der Waals surface area (Å²) in [6.07, 6.45) is 2.87. The standard InChI is InChI=1S/C26H26N4O3/c1-26(15-32)14-29-25-20(11-27)8-19(10-22(25)26)23-4-5-28-24(30-23)7-16-2-3-17-13-33-21(12-31)9-18(17)6-16/h2-6,8,10,21,29,31-32H,7,9,12-15H2,1H3. The van der Waals surface area contributed by atoms with Crippen LogP contribution in [0.1, 0.15) is 40.6 Å². The smallest absolute Gasteiger partial charge is 0.133 e. The lowest BCUT2D eigenvalue weighted by molar-refractivity contribution is -0.00704. The molecule has 5 rings (SSSR count). The summed E-state index contributed by atoms with van der Waals surface area (Å²) in [6, 6.07) is 14.3. The highest BCUT2D eigenvalue weighted by Crippen LogP contribution is 2.41. The Hall–Kier alpha value is -3.31. The molecule has 0 amide bonds. The Morgan fingerprint density at radius 1 is 1.21 bits per heavy atom. The number of nitrogens with one attached hydrogen (secondary N) is 1. The van der Waals surface area contributed by atoms with Crippen LogP contribution in [0.4, 0.5) is 5.69 Å². The first kappa shape index (κ1) is 21.5. The van der Waals surface area contributed by atoms with Crippen LogP contribution in [0.25, 0.3) is 11.3 Å². The molecule has 33 heavy (non-hydrogen) atoms. The van der Waals surface area contributed by atoms with Crippen molar-refractivity contribution in [3.8, 4) is 17.3 Å². The van der Waals surface area contributed by atoms with Crippen LogP contribution in [0.15, 0.2) is 42.6 Å². The van der Waals surface area contributed by atoms with Gasteiger partial charge in [0, 0.05) is 36.6 Å². The number of anilines is 1. The van der Waals surface area contributed by atoms with Gasteiger partial charge in [-0.25, -0.2) is 9.97 Å². The molecule has 0 bridgehead atoms. The second-order valence-electron chi connectivity index (χ2n) is 9.09. The van der Waals surface area contributed by atoms with E-state index in [0.29, 0.717) is 37.4 Å². The Morgan fingerprint density at radius 2 is 2.09 bits per heavy atom. The van der Waals surface area contributed by atoms with Gasteiger partial charge in [-0.05, 0) is 40.5 Å². The fourth-order valence-corrected chi connectivity index (χ4v) is 4.64. The summed E-state index contributed by atoms with van der Waals surface area (Å²) in [6.45, 7) is 3.12. The topological polar surface area (TPSA) is 111 Å². The normalized spacial score (nSPS) is 21.1. The number of nitriles is 1. The Morgan fingerprint density at radius 3 is 2.88 bits per heavy atom. The number of rotatable bonds is 5. The molecule has 2 aliphatic rings. The molecule has 2 aromatic carbocycles. The highest BCUT2D eigenvalue weighted by Gasteiger charge is 2.36. The maximum Gasteiger partial charge on any atom is 0.133 e. The summed E-state index contributed by atoms with van der Waals surface area (Å²) >= 11 is 0. The molecule has 0 fully saturated rings. The molecule has 0 spiro atoms. The van der Waals surface area contributed by atoms with Gasteiger partial charge < -0.3 is 20.3 Å². The molecular weight excluding hydrogens is 416 g/mol. The van der Waals surface area contributed by atoms with Crippen LogP contribution < -0.4 is 5.32 Å². The first-order chi connectivity index (χ1) is 16.0. The van der Waals surface area contributed by atoms with Crippen LogP contribution in [0, 0.1) is 11.3 Å². The molecule has 1 aromatic heterocycles. The lowest BCUT2D eigenvalue weighted by Gasteiger charge is -2.24. The largest absolute Gasteiger partial charge is 0.395 e. The average molecular weight is 443 g/mol. The molecule has 2 unspecified atom stereocenters. The van der Waals surface area contributed by atoms with Gasteiger partial charge in [0.05, 0.1) is 42.9 Å². The van der Waals surface area contributed by atoms with E-state index < -0.39 is 5.41 Å². The minimum absolute atomic E-state index is 0.00312. The predicted molar refractivity (Wildman–Crippen MR) is 124 cm³/mol. The summed E-state index contributed by atoms with van der Waals surface area (Å²) in [7, 11) is 0. The number of aliphatic hydroxyl groups excluding tert-OH is 2. The number of nitrogens with zero attached hydrogens (tertiary/aromatic N) is 3. The number of hydrogen-bond acceptors (Lipinski definition) is 7. The monoisotopic (exact) mass is 442 g/mol. The summed E-state index contributed by atoms with van der Waals surface area (Å²) in [5, 5.41) is 32.3. The second-order valence-corrected chi connectivity index (χ2v) is 9.09. The predicted octanol–water partition coefficient (Wildman–Crippen LogP) is 2.72. The van der Waals surface area contributed by atoms with E-state index in [9.17, 15) is 15.5 Å². The molecule has 3 N–H and O–H groups in total. The van der Waals surface area contributed by atoms with Crippen molar-refractivity contribution in [3.05, 3.63) is 76.2 Å². The molecule has 3 heterocycles. The highest BCUT2D eigenvalue weighted by atomic mass is 16.5. The van der Waals surface area contributed by atoms with Crippen molar-refractivity contribution >= 4 is 5.69 Å². The summed E-state index contributed by atoms with van der Waals surface area (Å²) in [5.41, 5.74) is 6.89. The van der Waals surface area contributed by atoms with Crippen LogP contribution in [-0.2, 0) is 29.6 Å². The van der Waals surface area contributed by atoms with E-state index in [1.54, 1.807) is 6.20 Å². The van der Waals surface area contributed by atoms with Gasteiger partial charge in [-0.1, -0.05) is 25.1 Å². The van der Waals surface area contributed by atoms with Crippen LogP contribution in [0.5, 0.6) is 0 Å². The number of aliphatic hydroxyl groups is 2. The minimum atomic E-state index is -0.438. The molecule has 0 radical (unpaired) electrons. The van der Waals surface area contributed by atoms with Crippen molar-refractivity contribution in [1.29, 1.82) is 5.26 Å². The molecule has 7 heteroatoms. The van der Waals surface area contributed by atoms with Crippen LogP contribution >= 0.6 is 0 Å². The molecule has 2 atom stereocenters. The quantitative estimate of drug-likeness (QED) is 0.557. The summed E-state index contributed by atoms with van der Waals surface area (Å²) in [4.78, 5) is 9.26. The summed E-state index contributed by atoms with van der Waals surface area (Å²) in [5.74, 6) is 0.695. The Balaban J connectivity index is 1.45. The fraction of sp³-hybridized carbons (Fsp3) is 0.346. The van der Waals surface area contributed by atoms with Gasteiger partial charge in [0.25, 0.3) is 0 Å². The van der Waals surface area contributed by atoms with E-state index in [-0.39, 0.29) is 19.3 Å². The highest BCUT2D eigenvalue weighted by molar-refractivity contribution is 5.76. The third-order valence-corrected chi connectivity index (χ3v) is 6.67. The molecule has 0 aliphatic carbocycles. The maximum absolute atomic E-state index is 9.95. The van der Waals surface area contributed by atoms with Gasteiger partial charge in [-0.2, -0.15) is 5.26 Å². The van der Waals surface area contributed by atoms with Crippen molar-refractivity contribution in [2.24, 2.45) is 0 Å². The van der Waals surface area contributed by atoms with E-state index in [1.807, 2.05) is 25.1 Å². The molecule has 3 aromatic rings. The van der Waals surface area contributed by atoms with Crippen molar-refractivity contribution in [2.75, 3.05) is 25.1 Å². The van der Waals surface area contributed by atoms with Crippen molar-refractivity contribution in [1.82, 2.24) is 9.97 Å². The van der Waals surface area contributed by atoms with E-state index in [4.69, 9.17) is 9.72 Å².